The van der Waals surface area contributed by atoms with E-state index in [1.54, 1.807) is 11.3 Å². The van der Waals surface area contributed by atoms with Crippen LogP contribution in [0.4, 0.5) is 0 Å². The van der Waals surface area contributed by atoms with Crippen LogP contribution in [-0.2, 0) is 22.4 Å². The van der Waals surface area contributed by atoms with E-state index in [0.717, 1.165) is 47.7 Å². The van der Waals surface area contributed by atoms with E-state index < -0.39 is 0 Å². The topological polar surface area (TPSA) is 48.4 Å². The standard InChI is InChI=1S/C26H31NO3S/c1-18-8-12-22(13-9-18)26-27-20(3)24(31-26)15-11-21-10-14-23(19(2)17-21)30-16-6-5-7-25(28)29-4/h8-10,12-14,17H,5-7,11,15-16H2,1-4H3. The molecule has 4 nitrogen and oxygen atoms in total. The SMILES string of the molecule is COC(=O)CCCCOc1ccc(CCc2sc(-c3ccc(C)cc3)nc2C)cc1C. The maximum absolute atomic E-state index is 11.1. The van der Waals surface area contributed by atoms with Gasteiger partial charge in [-0.15, -0.1) is 11.3 Å². The largest absolute Gasteiger partial charge is 0.493 e. The van der Waals surface area contributed by atoms with Gasteiger partial charge in [0.1, 0.15) is 10.8 Å². The Hall–Kier alpha value is -2.66. The fraction of sp³-hybridized carbons (Fsp3) is 0.385. The van der Waals surface area contributed by atoms with Gasteiger partial charge >= 0.3 is 5.97 Å². The maximum Gasteiger partial charge on any atom is 0.305 e. The van der Waals surface area contributed by atoms with Gasteiger partial charge in [-0.3, -0.25) is 4.79 Å². The number of ether oxygens (including phenoxy) is 2. The molecule has 0 saturated carbocycles. The van der Waals surface area contributed by atoms with Gasteiger partial charge < -0.3 is 9.47 Å². The Labute approximate surface area is 189 Å². The molecule has 31 heavy (non-hydrogen) atoms. The number of hydrogen-bond donors (Lipinski definition) is 0. The van der Waals surface area contributed by atoms with Crippen LogP contribution in [0, 0.1) is 20.8 Å². The van der Waals surface area contributed by atoms with E-state index in [9.17, 15) is 4.79 Å². The lowest BCUT2D eigenvalue weighted by Gasteiger charge is -2.10. The average Bonchev–Trinajstić information content (AvgIpc) is 3.14. The van der Waals surface area contributed by atoms with Crippen molar-refractivity contribution in [2.24, 2.45) is 0 Å². The highest BCUT2D eigenvalue weighted by Gasteiger charge is 2.10. The van der Waals surface area contributed by atoms with Gasteiger partial charge in [0.2, 0.25) is 0 Å². The predicted molar refractivity (Wildman–Crippen MR) is 127 cm³/mol. The van der Waals surface area contributed by atoms with Crippen LogP contribution in [0.5, 0.6) is 5.75 Å². The van der Waals surface area contributed by atoms with Crippen molar-refractivity contribution in [3.05, 3.63) is 69.7 Å². The summed E-state index contributed by atoms with van der Waals surface area (Å²) in [6.07, 6.45) is 4.03. The molecule has 2 aromatic carbocycles. The lowest BCUT2D eigenvalue weighted by molar-refractivity contribution is -0.140. The number of methoxy groups -OCH3 is 1. The molecule has 0 fully saturated rings. The highest BCUT2D eigenvalue weighted by Crippen LogP contribution is 2.29. The molecule has 0 aliphatic heterocycles. The van der Waals surface area contributed by atoms with Crippen molar-refractivity contribution in [2.75, 3.05) is 13.7 Å². The zero-order chi connectivity index (χ0) is 22.2. The van der Waals surface area contributed by atoms with Gasteiger partial charge in [-0.1, -0.05) is 42.0 Å². The van der Waals surface area contributed by atoms with E-state index in [4.69, 9.17) is 9.72 Å². The summed E-state index contributed by atoms with van der Waals surface area (Å²) in [5.74, 6) is 0.750. The lowest BCUT2D eigenvalue weighted by Crippen LogP contribution is -2.03. The number of hydrogen-bond acceptors (Lipinski definition) is 5. The molecule has 3 rings (SSSR count). The molecule has 164 valence electrons. The minimum Gasteiger partial charge on any atom is -0.493 e. The smallest absolute Gasteiger partial charge is 0.305 e. The molecule has 0 spiro atoms. The van der Waals surface area contributed by atoms with Gasteiger partial charge in [0.15, 0.2) is 0 Å². The molecule has 0 atom stereocenters. The third-order valence-corrected chi connectivity index (χ3v) is 6.60. The van der Waals surface area contributed by atoms with Crippen LogP contribution in [-0.4, -0.2) is 24.7 Å². The molecule has 1 heterocycles. The predicted octanol–water partition coefficient (Wildman–Crippen LogP) is 6.24. The van der Waals surface area contributed by atoms with Crippen LogP contribution < -0.4 is 4.74 Å². The zero-order valence-corrected chi connectivity index (χ0v) is 19.7. The van der Waals surface area contributed by atoms with Crippen molar-refractivity contribution in [2.45, 2.75) is 52.9 Å². The Morgan fingerprint density at radius 2 is 1.77 bits per heavy atom. The second kappa shape index (κ2) is 11.1. The van der Waals surface area contributed by atoms with Gasteiger partial charge in [-0.25, -0.2) is 4.98 Å². The summed E-state index contributed by atoms with van der Waals surface area (Å²) in [6.45, 7) is 6.90. The first-order chi connectivity index (χ1) is 15.0. The Morgan fingerprint density at radius 1 is 1.00 bits per heavy atom. The van der Waals surface area contributed by atoms with E-state index >= 15 is 0 Å². The maximum atomic E-state index is 11.1. The van der Waals surface area contributed by atoms with E-state index in [1.807, 2.05) is 0 Å². The van der Waals surface area contributed by atoms with E-state index in [0.29, 0.717) is 13.0 Å². The Balaban J connectivity index is 1.52. The third kappa shape index (κ3) is 6.66. The normalized spacial score (nSPS) is 10.8. The van der Waals surface area contributed by atoms with Crippen molar-refractivity contribution in [3.8, 4) is 16.3 Å². The van der Waals surface area contributed by atoms with E-state index in [2.05, 4.69) is 68.0 Å². The monoisotopic (exact) mass is 437 g/mol. The first-order valence-electron chi connectivity index (χ1n) is 10.8. The van der Waals surface area contributed by atoms with Gasteiger partial charge in [0.25, 0.3) is 0 Å². The van der Waals surface area contributed by atoms with Crippen LogP contribution in [0.15, 0.2) is 42.5 Å². The quantitative estimate of drug-likeness (QED) is 0.278. The van der Waals surface area contributed by atoms with Crippen LogP contribution in [0.25, 0.3) is 10.6 Å². The van der Waals surface area contributed by atoms with Crippen molar-refractivity contribution in [1.82, 2.24) is 4.98 Å². The molecule has 0 unspecified atom stereocenters. The van der Waals surface area contributed by atoms with E-state index in [-0.39, 0.29) is 5.97 Å². The first kappa shape index (κ1) is 23.0. The number of carbonyl (C=O) groups is 1. The van der Waals surface area contributed by atoms with Crippen molar-refractivity contribution in [3.63, 3.8) is 0 Å². The van der Waals surface area contributed by atoms with Crippen molar-refractivity contribution < 1.29 is 14.3 Å². The molecule has 0 saturated heterocycles. The molecule has 0 radical (unpaired) electrons. The molecule has 0 aliphatic carbocycles. The molecule has 5 heteroatoms. The number of aryl methyl sites for hydroxylation is 5. The zero-order valence-electron chi connectivity index (χ0n) is 18.9. The fourth-order valence-corrected chi connectivity index (χ4v) is 4.49. The van der Waals surface area contributed by atoms with Crippen LogP contribution in [0.2, 0.25) is 0 Å². The van der Waals surface area contributed by atoms with Crippen molar-refractivity contribution in [1.29, 1.82) is 0 Å². The Bertz CT molecular complexity index is 1010. The summed E-state index contributed by atoms with van der Waals surface area (Å²) in [6, 6.07) is 15.0. The number of benzene rings is 2. The molecule has 0 aliphatic rings. The summed E-state index contributed by atoms with van der Waals surface area (Å²) in [5, 5.41) is 1.10. The second-order valence-corrected chi connectivity index (χ2v) is 8.96. The number of nitrogens with zero attached hydrogens (tertiary/aromatic N) is 1. The van der Waals surface area contributed by atoms with Gasteiger partial charge in [-0.2, -0.15) is 0 Å². The van der Waals surface area contributed by atoms with Crippen LogP contribution in [0.3, 0.4) is 0 Å². The average molecular weight is 438 g/mol. The number of carbonyl (C=O) groups excluding carboxylic acids is 1. The third-order valence-electron chi connectivity index (χ3n) is 5.33. The fourth-order valence-electron chi connectivity index (χ4n) is 3.42. The number of aromatic nitrogens is 1. The molecule has 1 aromatic heterocycles. The minimum atomic E-state index is -0.164. The first-order valence-corrected chi connectivity index (χ1v) is 11.6. The Morgan fingerprint density at radius 3 is 2.48 bits per heavy atom. The van der Waals surface area contributed by atoms with E-state index in [1.165, 1.54) is 28.7 Å². The number of thiazole rings is 1. The molecule has 0 bridgehead atoms. The van der Waals surface area contributed by atoms with Crippen LogP contribution >= 0.6 is 11.3 Å². The number of unbranched alkanes of at least 4 members (excludes halogenated alkanes) is 1. The summed E-state index contributed by atoms with van der Waals surface area (Å²) >= 11 is 1.80. The molecule has 0 N–H and O–H groups in total. The molecular weight excluding hydrogens is 406 g/mol. The highest BCUT2D eigenvalue weighted by molar-refractivity contribution is 7.15. The van der Waals surface area contributed by atoms with Crippen LogP contribution in [0.1, 0.15) is 46.5 Å². The minimum absolute atomic E-state index is 0.164. The number of rotatable bonds is 10. The molecule has 0 amide bonds. The summed E-state index contributed by atoms with van der Waals surface area (Å²) in [7, 11) is 1.42. The highest BCUT2D eigenvalue weighted by atomic mass is 32.1. The molecule has 3 aromatic rings. The molecular formula is C26H31NO3S. The van der Waals surface area contributed by atoms with Gasteiger partial charge in [0, 0.05) is 16.9 Å². The lowest BCUT2D eigenvalue weighted by atomic mass is 10.1. The summed E-state index contributed by atoms with van der Waals surface area (Å²) in [5.41, 5.74) is 6.03. The Kier molecular flexibility index (Phi) is 8.24. The van der Waals surface area contributed by atoms with Gasteiger partial charge in [-0.05, 0) is 63.6 Å². The summed E-state index contributed by atoms with van der Waals surface area (Å²) in [4.78, 5) is 17.3. The van der Waals surface area contributed by atoms with Gasteiger partial charge in [0.05, 0.1) is 19.4 Å². The summed E-state index contributed by atoms with van der Waals surface area (Å²) < 4.78 is 10.5. The van der Waals surface area contributed by atoms with Crippen molar-refractivity contribution >= 4 is 17.3 Å². The number of esters is 1. The second-order valence-electron chi connectivity index (χ2n) is 7.88.